The summed E-state index contributed by atoms with van der Waals surface area (Å²) in [5.41, 5.74) is 3.94. The topological polar surface area (TPSA) is 116 Å². The lowest BCUT2D eigenvalue weighted by Gasteiger charge is -2.04. The van der Waals surface area contributed by atoms with Gasteiger partial charge in [0, 0.05) is 24.2 Å². The number of hydrogen-bond donors (Lipinski definition) is 1. The van der Waals surface area contributed by atoms with Crippen LogP contribution in [-0.4, -0.2) is 29.4 Å². The highest BCUT2D eigenvalue weighted by molar-refractivity contribution is 5.90. The van der Waals surface area contributed by atoms with Crippen LogP contribution in [0.4, 0.5) is 0 Å². The van der Waals surface area contributed by atoms with Crippen LogP contribution in [0.2, 0.25) is 0 Å². The van der Waals surface area contributed by atoms with E-state index < -0.39 is 0 Å². The van der Waals surface area contributed by atoms with Crippen LogP contribution in [0.3, 0.4) is 0 Å². The molecule has 4 rings (SSSR count). The highest BCUT2D eigenvalue weighted by Gasteiger charge is 2.16. The fourth-order valence-corrected chi connectivity index (χ4v) is 3.01. The fraction of sp³-hybridized carbons (Fsp3) is 0.105. The van der Waals surface area contributed by atoms with Gasteiger partial charge in [0.15, 0.2) is 0 Å². The third-order valence-electron chi connectivity index (χ3n) is 4.24. The molecule has 8 heteroatoms. The van der Waals surface area contributed by atoms with E-state index in [1.807, 2.05) is 19.1 Å². The molecule has 0 bridgehead atoms. The molecule has 27 heavy (non-hydrogen) atoms. The predicted octanol–water partition coefficient (Wildman–Crippen LogP) is 2.69. The lowest BCUT2D eigenvalue weighted by atomic mass is 10.1. The van der Waals surface area contributed by atoms with Crippen LogP contribution in [0.25, 0.3) is 27.8 Å². The van der Waals surface area contributed by atoms with Gasteiger partial charge in [0.05, 0.1) is 46.3 Å². The Labute approximate surface area is 154 Å². The van der Waals surface area contributed by atoms with Crippen molar-refractivity contribution >= 4 is 10.9 Å². The molecule has 4 heterocycles. The average molecular weight is 355 g/mol. The lowest BCUT2D eigenvalue weighted by molar-refractivity contribution is 0.448. The van der Waals surface area contributed by atoms with Gasteiger partial charge in [-0.2, -0.15) is 15.6 Å². The summed E-state index contributed by atoms with van der Waals surface area (Å²) < 4.78 is 3.07. The number of fused-ring (bicyclic) bond motifs is 1. The van der Waals surface area contributed by atoms with Crippen LogP contribution in [0.1, 0.15) is 11.1 Å². The van der Waals surface area contributed by atoms with Crippen LogP contribution in [0.15, 0.2) is 43.1 Å². The second kappa shape index (κ2) is 6.28. The van der Waals surface area contributed by atoms with Crippen LogP contribution in [0.5, 0.6) is 5.88 Å². The first-order valence-electron chi connectivity index (χ1n) is 8.07. The molecule has 0 aliphatic rings. The summed E-state index contributed by atoms with van der Waals surface area (Å²) in [6, 6.07) is 7.67. The minimum Gasteiger partial charge on any atom is -0.494 e. The lowest BCUT2D eigenvalue weighted by Crippen LogP contribution is -1.94. The van der Waals surface area contributed by atoms with E-state index in [-0.39, 0.29) is 12.4 Å². The zero-order chi connectivity index (χ0) is 19.0. The molecule has 0 atom stereocenters. The first kappa shape index (κ1) is 16.3. The van der Waals surface area contributed by atoms with E-state index in [2.05, 4.69) is 21.1 Å². The molecular formula is C19H13N7O. The van der Waals surface area contributed by atoms with Crippen molar-refractivity contribution in [2.75, 3.05) is 0 Å². The second-order valence-corrected chi connectivity index (χ2v) is 6.04. The smallest absolute Gasteiger partial charge is 0.205 e. The van der Waals surface area contributed by atoms with Crippen molar-refractivity contribution < 1.29 is 5.11 Å². The van der Waals surface area contributed by atoms with Gasteiger partial charge in [-0.15, -0.1) is 0 Å². The van der Waals surface area contributed by atoms with Gasteiger partial charge in [-0.1, -0.05) is 0 Å². The van der Waals surface area contributed by atoms with Gasteiger partial charge in [0.1, 0.15) is 12.6 Å². The maximum Gasteiger partial charge on any atom is 0.205 e. The molecule has 0 saturated heterocycles. The van der Waals surface area contributed by atoms with E-state index in [4.69, 9.17) is 10.5 Å². The molecule has 1 N–H and O–H groups in total. The summed E-state index contributed by atoms with van der Waals surface area (Å²) in [6.07, 6.45) is 8.12. The molecule has 4 aromatic rings. The number of aromatic hydroxyl groups is 1. The fourth-order valence-electron chi connectivity index (χ4n) is 3.01. The number of nitriles is 2. The first-order valence-corrected chi connectivity index (χ1v) is 8.07. The molecule has 0 aliphatic carbocycles. The van der Waals surface area contributed by atoms with Gasteiger partial charge in [-0.05, 0) is 24.6 Å². The molecular weight excluding hydrogens is 342 g/mol. The van der Waals surface area contributed by atoms with E-state index in [9.17, 15) is 5.11 Å². The van der Waals surface area contributed by atoms with Crippen LogP contribution in [0, 0.1) is 29.6 Å². The van der Waals surface area contributed by atoms with Gasteiger partial charge in [-0.25, -0.2) is 4.98 Å². The SMILES string of the molecule is Cc1cc(-c2cncc(C#N)c2)nc2cn(-c3cnn(CC#N)c3)c(O)c12. The quantitative estimate of drug-likeness (QED) is 0.604. The van der Waals surface area contributed by atoms with Gasteiger partial charge in [0.2, 0.25) is 5.88 Å². The van der Waals surface area contributed by atoms with E-state index in [1.165, 1.54) is 10.9 Å². The molecule has 0 aromatic carbocycles. The summed E-state index contributed by atoms with van der Waals surface area (Å²) in [7, 11) is 0. The number of aromatic nitrogens is 5. The molecule has 0 fully saturated rings. The monoisotopic (exact) mass is 355 g/mol. The van der Waals surface area contributed by atoms with E-state index in [0.29, 0.717) is 27.8 Å². The summed E-state index contributed by atoms with van der Waals surface area (Å²) in [4.78, 5) is 8.70. The average Bonchev–Trinajstić information content (AvgIpc) is 3.26. The standard InChI is InChI=1S/C19H13N7O/c1-12-4-16(14-5-13(6-21)7-22-8-14)24-17-11-26(19(27)18(12)17)15-9-23-25(10-15)3-2-20/h4-5,7-11,27H,3H2,1H3. The number of aryl methyl sites for hydroxylation is 1. The largest absolute Gasteiger partial charge is 0.494 e. The Bertz CT molecular complexity index is 1250. The normalized spacial score (nSPS) is 10.6. The van der Waals surface area contributed by atoms with E-state index in [0.717, 1.165) is 11.1 Å². The minimum atomic E-state index is 0.0574. The summed E-state index contributed by atoms with van der Waals surface area (Å²) >= 11 is 0. The molecule has 0 aliphatic heterocycles. The third-order valence-corrected chi connectivity index (χ3v) is 4.24. The Kier molecular flexibility index (Phi) is 3.79. The molecule has 130 valence electrons. The van der Waals surface area contributed by atoms with Gasteiger partial charge in [0.25, 0.3) is 0 Å². The van der Waals surface area contributed by atoms with Crippen LogP contribution >= 0.6 is 0 Å². The second-order valence-electron chi connectivity index (χ2n) is 6.04. The van der Waals surface area contributed by atoms with Crippen LogP contribution in [-0.2, 0) is 6.54 Å². The molecule has 0 unspecified atom stereocenters. The Balaban J connectivity index is 1.86. The summed E-state index contributed by atoms with van der Waals surface area (Å²) in [5.74, 6) is 0.0574. The predicted molar refractivity (Wildman–Crippen MR) is 96.8 cm³/mol. The van der Waals surface area contributed by atoms with Crippen molar-refractivity contribution in [3.8, 4) is 35.0 Å². The van der Waals surface area contributed by atoms with E-state index >= 15 is 0 Å². The highest BCUT2D eigenvalue weighted by atomic mass is 16.3. The molecule has 0 spiro atoms. The van der Waals surface area contributed by atoms with Crippen molar-refractivity contribution in [1.29, 1.82) is 10.5 Å². The molecule has 8 nitrogen and oxygen atoms in total. The van der Waals surface area contributed by atoms with Gasteiger partial charge >= 0.3 is 0 Å². The van der Waals surface area contributed by atoms with Crippen molar-refractivity contribution in [1.82, 2.24) is 24.3 Å². The number of pyridine rings is 2. The van der Waals surface area contributed by atoms with Gasteiger partial charge < -0.3 is 5.11 Å². The van der Waals surface area contributed by atoms with Gasteiger partial charge in [-0.3, -0.25) is 14.2 Å². The highest BCUT2D eigenvalue weighted by Crippen LogP contribution is 2.33. The Morgan fingerprint density at radius 3 is 2.78 bits per heavy atom. The van der Waals surface area contributed by atoms with Crippen molar-refractivity contribution in [2.24, 2.45) is 0 Å². The zero-order valence-corrected chi connectivity index (χ0v) is 14.3. The molecule has 0 radical (unpaired) electrons. The van der Waals surface area contributed by atoms with Crippen molar-refractivity contribution in [3.05, 3.63) is 54.2 Å². The first-order chi connectivity index (χ1) is 13.1. The Hall–Kier alpha value is -4.17. The Morgan fingerprint density at radius 1 is 1.15 bits per heavy atom. The minimum absolute atomic E-state index is 0.0574. The van der Waals surface area contributed by atoms with Crippen molar-refractivity contribution in [2.45, 2.75) is 13.5 Å². The van der Waals surface area contributed by atoms with Crippen molar-refractivity contribution in [3.63, 3.8) is 0 Å². The number of rotatable bonds is 3. The number of nitrogens with zero attached hydrogens (tertiary/aromatic N) is 7. The van der Waals surface area contributed by atoms with E-state index in [1.54, 1.807) is 35.4 Å². The molecule has 0 saturated carbocycles. The summed E-state index contributed by atoms with van der Waals surface area (Å²) in [6.45, 7) is 2.02. The molecule has 0 amide bonds. The Morgan fingerprint density at radius 2 is 2.00 bits per heavy atom. The maximum atomic E-state index is 10.7. The summed E-state index contributed by atoms with van der Waals surface area (Å²) in [5, 5.41) is 33.3. The number of hydrogen-bond acceptors (Lipinski definition) is 6. The maximum absolute atomic E-state index is 10.7. The third kappa shape index (κ3) is 2.75. The molecule has 4 aromatic heterocycles. The zero-order valence-electron chi connectivity index (χ0n) is 14.3. The van der Waals surface area contributed by atoms with Crippen LogP contribution < -0.4 is 0 Å².